The van der Waals surface area contributed by atoms with Crippen molar-refractivity contribution in [3.63, 3.8) is 0 Å². The van der Waals surface area contributed by atoms with Gasteiger partial charge in [0, 0.05) is 12.5 Å². The van der Waals surface area contributed by atoms with Crippen LogP contribution < -0.4 is 0 Å². The minimum Gasteiger partial charge on any atom is -0.508 e. The topological polar surface area (TPSA) is 88.5 Å². The maximum Gasteiger partial charge on any atom is 0.175 e. The van der Waals surface area contributed by atoms with E-state index in [2.05, 4.69) is 0 Å². The van der Waals surface area contributed by atoms with Crippen LogP contribution in [0.15, 0.2) is 28.0 Å². The van der Waals surface area contributed by atoms with E-state index < -0.39 is 25.4 Å². The van der Waals surface area contributed by atoms with Gasteiger partial charge in [0.2, 0.25) is 0 Å². The van der Waals surface area contributed by atoms with Crippen molar-refractivity contribution in [1.29, 1.82) is 0 Å². The third-order valence-corrected chi connectivity index (χ3v) is 3.91. The van der Waals surface area contributed by atoms with E-state index >= 15 is 0 Å². The largest absolute Gasteiger partial charge is 0.508 e. The van der Waals surface area contributed by atoms with Crippen molar-refractivity contribution >= 4 is 19.7 Å². The molecule has 0 aliphatic rings. The summed E-state index contributed by atoms with van der Waals surface area (Å²) in [6, 6.07) is 3.03. The molecule has 1 aromatic rings. The Morgan fingerprint density at radius 2 is 1.20 bits per heavy atom. The molecule has 0 aliphatic carbocycles. The molecule has 0 atom stereocenters. The summed E-state index contributed by atoms with van der Waals surface area (Å²) in [6.07, 6.45) is 1.88. The zero-order valence-electron chi connectivity index (χ0n) is 8.13. The van der Waals surface area contributed by atoms with Crippen LogP contribution in [0.25, 0.3) is 0 Å². The molecule has 1 aromatic carbocycles. The molecule has 0 radical (unpaired) electrons. The lowest BCUT2D eigenvalue weighted by Gasteiger charge is -2.03. The van der Waals surface area contributed by atoms with Crippen LogP contribution in [0.5, 0.6) is 5.75 Å². The Hall–Kier alpha value is -1.08. The SMILES string of the molecule is CS(=O)(=O)c1cc(O)cc(S(C)(=O)=O)c1. The Labute approximate surface area is 88.2 Å². The number of phenolic OH excluding ortho intramolecular Hbond substituents is 1. The zero-order chi connectivity index (χ0) is 11.9. The lowest BCUT2D eigenvalue weighted by atomic mass is 10.3. The lowest BCUT2D eigenvalue weighted by Crippen LogP contribution is -2.02. The molecule has 0 heterocycles. The second kappa shape index (κ2) is 3.49. The van der Waals surface area contributed by atoms with Crippen molar-refractivity contribution in [2.45, 2.75) is 9.79 Å². The third kappa shape index (κ3) is 2.93. The first kappa shape index (κ1) is 12.0. The molecule has 0 amide bonds. The fourth-order valence-electron chi connectivity index (χ4n) is 0.985. The smallest absolute Gasteiger partial charge is 0.175 e. The van der Waals surface area contributed by atoms with Gasteiger partial charge in [0.05, 0.1) is 9.79 Å². The van der Waals surface area contributed by atoms with Crippen LogP contribution in [0.4, 0.5) is 0 Å². The minimum atomic E-state index is -3.53. The predicted octanol–water partition coefficient (Wildman–Crippen LogP) is 0.199. The van der Waals surface area contributed by atoms with E-state index in [1.165, 1.54) is 0 Å². The van der Waals surface area contributed by atoms with Crippen LogP contribution in [0.3, 0.4) is 0 Å². The van der Waals surface area contributed by atoms with Gasteiger partial charge in [0.1, 0.15) is 5.75 Å². The Morgan fingerprint density at radius 3 is 1.47 bits per heavy atom. The number of sulfone groups is 2. The van der Waals surface area contributed by atoms with Crippen LogP contribution >= 0.6 is 0 Å². The Bertz CT molecular complexity index is 533. The van der Waals surface area contributed by atoms with Crippen molar-refractivity contribution in [1.82, 2.24) is 0 Å². The molecular formula is C8H10O5S2. The molecule has 1 rings (SSSR count). The Balaban J connectivity index is 3.57. The van der Waals surface area contributed by atoms with Gasteiger partial charge in [-0.05, 0) is 18.2 Å². The molecule has 0 fully saturated rings. The monoisotopic (exact) mass is 250 g/mol. The first-order chi connectivity index (χ1) is 6.60. The minimum absolute atomic E-state index is 0.220. The number of phenols is 1. The quantitative estimate of drug-likeness (QED) is 0.810. The molecule has 1 N–H and O–H groups in total. The summed E-state index contributed by atoms with van der Waals surface area (Å²) in [5, 5.41) is 9.19. The Morgan fingerprint density at radius 1 is 0.867 bits per heavy atom. The highest BCUT2D eigenvalue weighted by atomic mass is 32.2. The van der Waals surface area contributed by atoms with Gasteiger partial charge >= 0.3 is 0 Å². The second-order valence-electron chi connectivity index (χ2n) is 3.21. The molecule has 0 saturated carbocycles. The van der Waals surface area contributed by atoms with Gasteiger partial charge < -0.3 is 5.11 Å². The lowest BCUT2D eigenvalue weighted by molar-refractivity contribution is 0.471. The van der Waals surface area contributed by atoms with Crippen LogP contribution in [0.2, 0.25) is 0 Å². The number of hydrogen-bond donors (Lipinski definition) is 1. The zero-order valence-corrected chi connectivity index (χ0v) is 9.76. The van der Waals surface area contributed by atoms with E-state index in [0.29, 0.717) is 0 Å². The molecule has 0 bridgehead atoms. The Kier molecular flexibility index (Phi) is 2.79. The van der Waals surface area contributed by atoms with Crippen molar-refractivity contribution in [2.75, 3.05) is 12.5 Å². The maximum absolute atomic E-state index is 11.2. The molecule has 84 valence electrons. The van der Waals surface area contributed by atoms with Crippen LogP contribution in [0.1, 0.15) is 0 Å². The molecule has 0 aromatic heterocycles. The first-order valence-corrected chi connectivity index (χ1v) is 7.63. The van der Waals surface area contributed by atoms with Gasteiger partial charge in [-0.2, -0.15) is 0 Å². The summed E-state index contributed by atoms with van der Waals surface area (Å²) in [5.74, 6) is -0.390. The van der Waals surface area contributed by atoms with Crippen LogP contribution in [0, 0.1) is 0 Å². The van der Waals surface area contributed by atoms with Crippen molar-refractivity contribution in [2.24, 2.45) is 0 Å². The molecule has 5 nitrogen and oxygen atoms in total. The number of rotatable bonds is 2. The van der Waals surface area contributed by atoms with Crippen molar-refractivity contribution in [3.05, 3.63) is 18.2 Å². The number of hydrogen-bond acceptors (Lipinski definition) is 5. The normalized spacial score (nSPS) is 12.7. The summed E-state index contributed by atoms with van der Waals surface area (Å²) in [5.41, 5.74) is 0. The van der Waals surface area contributed by atoms with Crippen molar-refractivity contribution in [3.8, 4) is 5.75 Å². The fourth-order valence-corrected chi connectivity index (χ4v) is 2.41. The standard InChI is InChI=1S/C8H10O5S2/c1-14(10,11)7-3-6(9)4-8(5-7)15(2,12)13/h3-5,9H,1-2H3. The molecule has 0 unspecified atom stereocenters. The summed E-state index contributed by atoms with van der Waals surface area (Å²) in [4.78, 5) is -0.439. The maximum atomic E-state index is 11.2. The summed E-state index contributed by atoms with van der Waals surface area (Å²) < 4.78 is 44.6. The van der Waals surface area contributed by atoms with E-state index in [-0.39, 0.29) is 9.79 Å². The molecule has 7 heteroatoms. The highest BCUT2D eigenvalue weighted by molar-refractivity contribution is 7.91. The van der Waals surface area contributed by atoms with E-state index in [1.54, 1.807) is 0 Å². The molecular weight excluding hydrogens is 240 g/mol. The van der Waals surface area contributed by atoms with E-state index in [9.17, 15) is 21.9 Å². The summed E-state index contributed by atoms with van der Waals surface area (Å²) >= 11 is 0. The van der Waals surface area contributed by atoms with Gasteiger partial charge in [-0.3, -0.25) is 0 Å². The predicted molar refractivity (Wildman–Crippen MR) is 54.3 cm³/mol. The van der Waals surface area contributed by atoms with Crippen molar-refractivity contribution < 1.29 is 21.9 Å². The van der Waals surface area contributed by atoms with E-state index in [0.717, 1.165) is 30.7 Å². The van der Waals surface area contributed by atoms with Crippen LogP contribution in [-0.2, 0) is 19.7 Å². The van der Waals surface area contributed by atoms with E-state index in [4.69, 9.17) is 0 Å². The average Bonchev–Trinajstić information content (AvgIpc) is 1.99. The number of benzene rings is 1. The molecule has 15 heavy (non-hydrogen) atoms. The average molecular weight is 250 g/mol. The molecule has 0 saturated heterocycles. The third-order valence-electron chi connectivity index (χ3n) is 1.72. The molecule has 0 spiro atoms. The fraction of sp³-hybridized carbons (Fsp3) is 0.250. The first-order valence-electron chi connectivity index (χ1n) is 3.85. The molecule has 0 aliphatic heterocycles. The highest BCUT2D eigenvalue weighted by Gasteiger charge is 2.14. The summed E-state index contributed by atoms with van der Waals surface area (Å²) in [6.45, 7) is 0. The van der Waals surface area contributed by atoms with Gasteiger partial charge in [-0.1, -0.05) is 0 Å². The van der Waals surface area contributed by atoms with Crippen LogP contribution in [-0.4, -0.2) is 34.5 Å². The van der Waals surface area contributed by atoms with Gasteiger partial charge in [0.15, 0.2) is 19.7 Å². The number of aromatic hydroxyl groups is 1. The van der Waals surface area contributed by atoms with E-state index in [1.807, 2.05) is 0 Å². The summed E-state index contributed by atoms with van der Waals surface area (Å²) in [7, 11) is -7.07. The van der Waals surface area contributed by atoms with Gasteiger partial charge in [-0.15, -0.1) is 0 Å². The second-order valence-corrected chi connectivity index (χ2v) is 7.24. The van der Waals surface area contributed by atoms with Gasteiger partial charge in [0.25, 0.3) is 0 Å². The highest BCUT2D eigenvalue weighted by Crippen LogP contribution is 2.22. The van der Waals surface area contributed by atoms with Gasteiger partial charge in [-0.25, -0.2) is 16.8 Å².